The number of hydrazine groups is 1. The molecule has 0 amide bonds. The fraction of sp³-hybridized carbons (Fsp3) is 0.262. The van der Waals surface area contributed by atoms with Crippen molar-refractivity contribution in [1.29, 1.82) is 0 Å². The first-order chi connectivity index (χ1) is 27.8. The van der Waals surface area contributed by atoms with Gasteiger partial charge in [0, 0.05) is 37.3 Å². The van der Waals surface area contributed by atoms with Crippen molar-refractivity contribution < 1.29 is 28.4 Å². The molecule has 0 N–H and O–H groups in total. The number of aromatic nitrogens is 1. The van der Waals surface area contributed by atoms with Gasteiger partial charge in [-0.25, -0.2) is 19.6 Å². The van der Waals surface area contributed by atoms with Crippen LogP contribution in [0.2, 0.25) is 20.1 Å². The summed E-state index contributed by atoms with van der Waals surface area (Å²) in [4.78, 5) is 35.9. The van der Waals surface area contributed by atoms with E-state index in [2.05, 4.69) is 5.16 Å². The van der Waals surface area contributed by atoms with Crippen molar-refractivity contribution in [3.05, 3.63) is 132 Å². The van der Waals surface area contributed by atoms with Crippen LogP contribution in [0.15, 0.2) is 81.5 Å². The summed E-state index contributed by atoms with van der Waals surface area (Å²) in [5.74, 6) is -1.56. The minimum atomic E-state index is -1.92. The van der Waals surface area contributed by atoms with Gasteiger partial charge in [0.1, 0.15) is 24.1 Å². The topological polar surface area (TPSA) is 122 Å². The van der Waals surface area contributed by atoms with Crippen LogP contribution in [-0.4, -0.2) is 57.6 Å². The smallest absolute Gasteiger partial charge is 0.378 e. The molecule has 0 aliphatic carbocycles. The number of nitrogens with zero attached hydrogens (tertiary/aromatic N) is 6. The summed E-state index contributed by atoms with van der Waals surface area (Å²) in [6.45, 7) is 10.7. The molecule has 1 aromatic heterocycles. The summed E-state index contributed by atoms with van der Waals surface area (Å²) in [6, 6.07) is 19.1. The number of oxime groups is 1. The molecular formula is C42H34Cl4N6O6. The number of ether oxygens (including phenoxy) is 2. The molecule has 12 nitrogen and oxygen atoms in total. The lowest BCUT2D eigenvalue weighted by molar-refractivity contribution is -0.147. The zero-order chi connectivity index (χ0) is 41.0. The van der Waals surface area contributed by atoms with Gasteiger partial charge in [-0.2, -0.15) is 0 Å². The molecule has 2 fully saturated rings. The zero-order valence-corrected chi connectivity index (χ0v) is 35.0. The van der Waals surface area contributed by atoms with Gasteiger partial charge >= 0.3 is 17.6 Å². The number of cyclic esters (lactones) is 1. The normalized spacial score (nSPS) is 21.7. The molecule has 4 aromatic carbocycles. The fourth-order valence-electron chi connectivity index (χ4n) is 8.78. The highest BCUT2D eigenvalue weighted by atomic mass is 35.5. The molecule has 0 radical (unpaired) electrons. The molecule has 0 saturated carbocycles. The number of hydrogen-bond acceptors (Lipinski definition) is 12. The number of para-hydroxylation sites is 2. The maximum Gasteiger partial charge on any atom is 0.378 e. The van der Waals surface area contributed by atoms with Crippen LogP contribution in [0.1, 0.15) is 44.7 Å². The van der Waals surface area contributed by atoms with Crippen molar-refractivity contribution in [1.82, 2.24) is 10.2 Å². The predicted molar refractivity (Wildman–Crippen MR) is 222 cm³/mol. The van der Waals surface area contributed by atoms with Crippen LogP contribution >= 0.6 is 46.4 Å². The lowest BCUT2D eigenvalue weighted by atomic mass is 9.79. The number of halogens is 4. The highest BCUT2D eigenvalue weighted by Crippen LogP contribution is 2.59. The Bertz CT molecular complexity index is 2600. The number of anilines is 2. The van der Waals surface area contributed by atoms with E-state index in [-0.39, 0.29) is 24.8 Å². The largest absolute Gasteiger partial charge is 0.458 e. The fourth-order valence-corrected chi connectivity index (χ4v) is 9.64. The summed E-state index contributed by atoms with van der Waals surface area (Å²) in [7, 11) is 0. The van der Waals surface area contributed by atoms with Crippen molar-refractivity contribution in [3.8, 4) is 11.3 Å². The molecule has 3 atom stereocenters. The molecule has 5 aromatic rings. The molecule has 4 aliphatic rings. The predicted octanol–water partition coefficient (Wildman–Crippen LogP) is 9.21. The quantitative estimate of drug-likeness (QED) is 0.147. The second-order valence-electron chi connectivity index (χ2n) is 14.7. The Balaban J connectivity index is 1.17. The second-order valence-corrected chi connectivity index (χ2v) is 16.2. The average molecular weight is 861 g/mol. The summed E-state index contributed by atoms with van der Waals surface area (Å²) in [5, 5.41) is 20.6. The number of esters is 2. The third-order valence-electron chi connectivity index (χ3n) is 11.5. The number of hydrazone groups is 1. The van der Waals surface area contributed by atoms with Crippen molar-refractivity contribution in [3.63, 3.8) is 0 Å². The monoisotopic (exact) mass is 858 g/mol. The van der Waals surface area contributed by atoms with Gasteiger partial charge < -0.3 is 18.8 Å². The number of amidine groups is 1. The molecule has 0 bridgehead atoms. The van der Waals surface area contributed by atoms with Gasteiger partial charge in [-0.15, -0.1) is 5.10 Å². The maximum absolute atomic E-state index is 14.7. The van der Waals surface area contributed by atoms with Gasteiger partial charge in [-0.3, -0.25) is 5.01 Å². The molecule has 296 valence electrons. The Morgan fingerprint density at radius 2 is 1.34 bits per heavy atom. The first-order valence-electron chi connectivity index (χ1n) is 18.3. The third-order valence-corrected chi connectivity index (χ3v) is 13.8. The van der Waals surface area contributed by atoms with E-state index in [1.54, 1.807) is 35.3 Å². The van der Waals surface area contributed by atoms with Crippen molar-refractivity contribution in [2.45, 2.75) is 65.5 Å². The van der Waals surface area contributed by atoms with Crippen LogP contribution in [0, 0.1) is 41.5 Å². The zero-order valence-electron chi connectivity index (χ0n) is 32.0. The minimum Gasteiger partial charge on any atom is -0.458 e. The summed E-state index contributed by atoms with van der Waals surface area (Å²) in [5.41, 5.74) is 4.35. The lowest BCUT2D eigenvalue weighted by Gasteiger charge is -2.39. The van der Waals surface area contributed by atoms with Gasteiger partial charge in [0.05, 0.1) is 11.4 Å². The molecule has 9 rings (SSSR count). The van der Waals surface area contributed by atoms with Gasteiger partial charge in [0.2, 0.25) is 0 Å². The van der Waals surface area contributed by atoms with Crippen LogP contribution in [0.3, 0.4) is 0 Å². The SMILES string of the molecule is Cc1c(Cl)c(C)c(C2=NO[C@]34COC(=O)[C@]35N(c3ccccc3)N=C(C(=O)OCc3cc(-c6c(C)c(Cl)c(C)c(Cl)c6C)no3)N5N(c3ccccc3)[C@H]24)c(C)c1Cl. The highest BCUT2D eigenvalue weighted by Gasteiger charge is 2.88. The highest BCUT2D eigenvalue weighted by molar-refractivity contribution is 6.40. The molecule has 0 unspecified atom stereocenters. The maximum atomic E-state index is 14.7. The van der Waals surface area contributed by atoms with E-state index in [0.29, 0.717) is 54.0 Å². The molecule has 5 heterocycles. The number of carbonyl (C=O) groups is 2. The molecule has 16 heteroatoms. The van der Waals surface area contributed by atoms with E-state index in [9.17, 15) is 9.59 Å². The van der Waals surface area contributed by atoms with E-state index in [4.69, 9.17) is 75.5 Å². The molecular weight excluding hydrogens is 826 g/mol. The van der Waals surface area contributed by atoms with Crippen molar-refractivity contribution >= 4 is 81.3 Å². The Morgan fingerprint density at radius 1 is 0.793 bits per heavy atom. The second kappa shape index (κ2) is 13.7. The van der Waals surface area contributed by atoms with E-state index in [0.717, 1.165) is 33.4 Å². The Labute approximate surface area is 353 Å². The van der Waals surface area contributed by atoms with Gasteiger partial charge in [-0.1, -0.05) is 93.1 Å². The van der Waals surface area contributed by atoms with Gasteiger partial charge in [-0.05, 0) is 99.2 Å². The summed E-state index contributed by atoms with van der Waals surface area (Å²) < 4.78 is 17.6. The van der Waals surface area contributed by atoms with Crippen molar-refractivity contribution in [2.24, 2.45) is 10.3 Å². The standard InChI is InChI=1S/C42H34Cl4N6O6/c1-20-30(21(2)33(44)24(5)32(20)43)29-17-28(57-48-29)18-55-39(53)38-47-51(27-15-11-8-12-16-27)42-40(54)56-19-41(42)37(50(52(38)42)26-13-9-7-10-14-26)36(49-58-41)31-22(3)34(45)25(6)35(46)23(31)4/h7-17,37H,18-19H2,1-6H3/t37-,41+,42-/m1/s1. The van der Waals surface area contributed by atoms with Gasteiger partial charge in [0.25, 0.3) is 11.4 Å². The Kier molecular flexibility index (Phi) is 9.01. The number of benzene rings is 4. The van der Waals surface area contributed by atoms with E-state index in [1.807, 2.05) is 77.9 Å². The van der Waals surface area contributed by atoms with Gasteiger partial charge in [0.15, 0.2) is 12.4 Å². The first kappa shape index (κ1) is 38.3. The lowest BCUT2D eigenvalue weighted by Crippen LogP contribution is -2.68. The van der Waals surface area contributed by atoms with Crippen LogP contribution in [0.5, 0.6) is 0 Å². The molecule has 4 aliphatic heterocycles. The molecule has 2 spiro atoms. The Hall–Kier alpha value is -5.27. The number of rotatable bonds is 7. The first-order valence-corrected chi connectivity index (χ1v) is 19.8. The van der Waals surface area contributed by atoms with E-state index in [1.165, 1.54) is 10.0 Å². The number of hydrogen-bond donors (Lipinski definition) is 0. The molecule has 2 saturated heterocycles. The van der Waals surface area contributed by atoms with Crippen LogP contribution in [-0.2, 0) is 30.5 Å². The van der Waals surface area contributed by atoms with E-state index < -0.39 is 29.2 Å². The minimum absolute atomic E-state index is 0.222. The third kappa shape index (κ3) is 5.04. The summed E-state index contributed by atoms with van der Waals surface area (Å²) >= 11 is 27.0. The summed E-state index contributed by atoms with van der Waals surface area (Å²) in [6.07, 6.45) is 0. The van der Waals surface area contributed by atoms with E-state index >= 15 is 0 Å². The average Bonchev–Trinajstić information content (AvgIpc) is 4.04. The number of carbonyl (C=O) groups excluding carboxylic acids is 2. The van der Waals surface area contributed by atoms with Crippen LogP contribution < -0.4 is 10.0 Å². The van der Waals surface area contributed by atoms with Crippen LogP contribution in [0.4, 0.5) is 11.4 Å². The molecule has 58 heavy (non-hydrogen) atoms. The van der Waals surface area contributed by atoms with Crippen LogP contribution in [0.25, 0.3) is 11.3 Å². The van der Waals surface area contributed by atoms with Crippen molar-refractivity contribution in [2.75, 3.05) is 16.6 Å². The Morgan fingerprint density at radius 3 is 1.93 bits per heavy atom.